The number of hydrogen-bond acceptors (Lipinski definition) is 4. The van der Waals surface area contributed by atoms with Gasteiger partial charge in [0.05, 0.1) is 6.42 Å². The van der Waals surface area contributed by atoms with Crippen LogP contribution in [0.4, 0.5) is 10.5 Å². The number of carbonyl (C=O) groups is 3. The lowest BCUT2D eigenvalue weighted by Crippen LogP contribution is -2.36. The number of nitrogens with one attached hydrogen (secondary N) is 2. The Bertz CT molecular complexity index is 1190. The largest absolute Gasteiger partial charge is 0.481 e. The predicted molar refractivity (Wildman–Crippen MR) is 134 cm³/mol. The van der Waals surface area contributed by atoms with Crippen LogP contribution in [0.5, 0.6) is 0 Å². The monoisotopic (exact) mass is 472 g/mol. The van der Waals surface area contributed by atoms with E-state index in [0.717, 1.165) is 28.7 Å². The fourth-order valence-corrected chi connectivity index (χ4v) is 4.54. The lowest BCUT2D eigenvalue weighted by atomic mass is 9.98. The van der Waals surface area contributed by atoms with Crippen LogP contribution < -0.4 is 10.6 Å². The summed E-state index contributed by atoms with van der Waals surface area (Å²) >= 11 is 0. The van der Waals surface area contributed by atoms with E-state index in [1.165, 1.54) is 0 Å². The second-order valence-electron chi connectivity index (χ2n) is 8.59. The first-order chi connectivity index (χ1) is 17.0. The number of anilines is 1. The summed E-state index contributed by atoms with van der Waals surface area (Å²) < 4.78 is 5.57. The molecule has 3 N–H and O–H groups in total. The summed E-state index contributed by atoms with van der Waals surface area (Å²) in [5.41, 5.74) is 5.31. The Kier molecular flexibility index (Phi) is 7.45. The van der Waals surface area contributed by atoms with Gasteiger partial charge in [0.1, 0.15) is 6.61 Å². The molecule has 2 amide bonds. The lowest BCUT2D eigenvalue weighted by molar-refractivity contribution is -0.137. The van der Waals surface area contributed by atoms with Crippen molar-refractivity contribution in [2.24, 2.45) is 0 Å². The van der Waals surface area contributed by atoms with Crippen LogP contribution in [0.3, 0.4) is 0 Å². The summed E-state index contributed by atoms with van der Waals surface area (Å²) in [6, 6.07) is 22.2. The molecule has 0 bridgehead atoms. The molecule has 7 nitrogen and oxygen atoms in total. The maximum atomic E-state index is 12.6. The van der Waals surface area contributed by atoms with Crippen LogP contribution in [0, 0.1) is 0 Å². The number of fused-ring (bicyclic) bond motifs is 3. The van der Waals surface area contributed by atoms with Crippen molar-refractivity contribution < 1.29 is 24.2 Å². The highest BCUT2D eigenvalue weighted by Gasteiger charge is 2.29. The van der Waals surface area contributed by atoms with Gasteiger partial charge in [-0.15, -0.1) is 0 Å². The average molecular weight is 473 g/mol. The van der Waals surface area contributed by atoms with E-state index in [0.29, 0.717) is 17.7 Å². The van der Waals surface area contributed by atoms with Crippen molar-refractivity contribution in [3.05, 3.63) is 89.5 Å². The zero-order valence-corrected chi connectivity index (χ0v) is 19.5. The van der Waals surface area contributed by atoms with Crippen molar-refractivity contribution in [2.45, 2.75) is 38.1 Å². The van der Waals surface area contributed by atoms with Gasteiger partial charge < -0.3 is 15.2 Å². The molecule has 3 aromatic carbocycles. The Morgan fingerprint density at radius 3 is 2.23 bits per heavy atom. The number of carboxylic acids is 1. The molecule has 7 heteroatoms. The molecule has 0 aromatic heterocycles. The molecule has 35 heavy (non-hydrogen) atoms. The van der Waals surface area contributed by atoms with Crippen LogP contribution >= 0.6 is 0 Å². The summed E-state index contributed by atoms with van der Waals surface area (Å²) in [7, 11) is 0. The molecule has 0 radical (unpaired) electrons. The smallest absolute Gasteiger partial charge is 0.411 e. The first-order valence-corrected chi connectivity index (χ1v) is 11.7. The van der Waals surface area contributed by atoms with Crippen molar-refractivity contribution in [1.29, 1.82) is 0 Å². The van der Waals surface area contributed by atoms with Crippen LogP contribution in [0.15, 0.2) is 72.8 Å². The maximum absolute atomic E-state index is 12.6. The number of benzene rings is 3. The van der Waals surface area contributed by atoms with E-state index in [1.807, 2.05) is 31.2 Å². The fraction of sp³-hybridized carbons (Fsp3) is 0.250. The zero-order valence-electron chi connectivity index (χ0n) is 19.5. The summed E-state index contributed by atoms with van der Waals surface area (Å²) in [5.74, 6) is -1.40. The summed E-state index contributed by atoms with van der Waals surface area (Å²) in [5, 5.41) is 14.5. The van der Waals surface area contributed by atoms with E-state index in [-0.39, 0.29) is 24.9 Å². The third-order valence-corrected chi connectivity index (χ3v) is 6.11. The number of rotatable bonds is 9. The minimum absolute atomic E-state index is 0.0463. The Morgan fingerprint density at radius 1 is 0.943 bits per heavy atom. The van der Waals surface area contributed by atoms with E-state index >= 15 is 0 Å². The highest BCUT2D eigenvalue weighted by molar-refractivity contribution is 5.96. The molecule has 0 saturated carbocycles. The normalized spacial score (nSPS) is 12.8. The van der Waals surface area contributed by atoms with Gasteiger partial charge in [0.15, 0.2) is 0 Å². The van der Waals surface area contributed by atoms with E-state index in [1.54, 1.807) is 24.3 Å². The van der Waals surface area contributed by atoms with Crippen molar-refractivity contribution in [3.8, 4) is 11.1 Å². The number of carbonyl (C=O) groups excluding carboxylic acids is 2. The number of amides is 2. The Labute approximate surface area is 204 Å². The molecular weight excluding hydrogens is 444 g/mol. The van der Waals surface area contributed by atoms with Crippen LogP contribution in [-0.2, 0) is 9.53 Å². The minimum atomic E-state index is -0.963. The number of aliphatic carboxylic acids is 1. The Morgan fingerprint density at radius 2 is 1.60 bits per heavy atom. The van der Waals surface area contributed by atoms with Crippen LogP contribution in [0.2, 0.25) is 0 Å². The first kappa shape index (κ1) is 24.0. The zero-order chi connectivity index (χ0) is 24.8. The standard InChI is InChI=1S/C28H28N2O5/c1-2-8-19(16-26(31)32)29-27(33)18-9-7-10-20(15-18)30-28(34)35-17-25-23-13-5-3-11-21(23)22-12-4-6-14-24(22)25/h3-7,9-15,19,25H,2,8,16-17H2,1H3,(H,29,33)(H,30,34)(H,31,32)/t19-/m1/s1. The topological polar surface area (TPSA) is 105 Å². The molecular formula is C28H28N2O5. The van der Waals surface area contributed by atoms with Crippen molar-refractivity contribution in [2.75, 3.05) is 11.9 Å². The van der Waals surface area contributed by atoms with Gasteiger partial charge in [-0.05, 0) is 46.9 Å². The van der Waals surface area contributed by atoms with Gasteiger partial charge in [0.2, 0.25) is 0 Å². The maximum Gasteiger partial charge on any atom is 0.411 e. The van der Waals surface area contributed by atoms with Gasteiger partial charge >= 0.3 is 12.1 Å². The van der Waals surface area contributed by atoms with Crippen molar-refractivity contribution in [3.63, 3.8) is 0 Å². The van der Waals surface area contributed by atoms with Gasteiger partial charge in [0.25, 0.3) is 5.91 Å². The summed E-state index contributed by atoms with van der Waals surface area (Å²) in [6.45, 7) is 2.12. The molecule has 0 unspecified atom stereocenters. The lowest BCUT2D eigenvalue weighted by Gasteiger charge is -2.17. The molecule has 4 rings (SSSR count). The number of hydrogen-bond donors (Lipinski definition) is 3. The van der Waals surface area contributed by atoms with E-state index < -0.39 is 18.1 Å². The van der Waals surface area contributed by atoms with Gasteiger partial charge in [-0.25, -0.2) is 4.79 Å². The van der Waals surface area contributed by atoms with Gasteiger partial charge in [-0.1, -0.05) is 67.9 Å². The average Bonchev–Trinajstić information content (AvgIpc) is 3.16. The highest BCUT2D eigenvalue weighted by Crippen LogP contribution is 2.44. The van der Waals surface area contributed by atoms with E-state index in [9.17, 15) is 14.4 Å². The molecule has 3 aromatic rings. The SMILES string of the molecule is CCC[C@H](CC(=O)O)NC(=O)c1cccc(NC(=O)OCC2c3ccccc3-c3ccccc32)c1. The van der Waals surface area contributed by atoms with Crippen molar-refractivity contribution >= 4 is 23.7 Å². The molecule has 0 spiro atoms. The highest BCUT2D eigenvalue weighted by atomic mass is 16.5. The molecule has 0 heterocycles. The third-order valence-electron chi connectivity index (χ3n) is 6.11. The first-order valence-electron chi connectivity index (χ1n) is 11.7. The van der Waals surface area contributed by atoms with E-state index in [4.69, 9.17) is 9.84 Å². The Hall–Kier alpha value is -4.13. The fourth-order valence-electron chi connectivity index (χ4n) is 4.54. The third kappa shape index (κ3) is 5.69. The quantitative estimate of drug-likeness (QED) is 0.386. The van der Waals surface area contributed by atoms with Gasteiger partial charge in [0, 0.05) is 23.2 Å². The van der Waals surface area contributed by atoms with Crippen LogP contribution in [0.25, 0.3) is 11.1 Å². The molecule has 0 fully saturated rings. The molecule has 180 valence electrons. The van der Waals surface area contributed by atoms with Crippen LogP contribution in [-0.4, -0.2) is 35.7 Å². The summed E-state index contributed by atoms with van der Waals surface area (Å²) in [4.78, 5) is 36.3. The molecule has 1 atom stereocenters. The molecule has 1 aliphatic rings. The van der Waals surface area contributed by atoms with Gasteiger partial charge in [-0.2, -0.15) is 0 Å². The minimum Gasteiger partial charge on any atom is -0.481 e. The van der Waals surface area contributed by atoms with E-state index in [2.05, 4.69) is 34.9 Å². The molecule has 0 saturated heterocycles. The second kappa shape index (κ2) is 10.9. The van der Waals surface area contributed by atoms with Gasteiger partial charge in [-0.3, -0.25) is 14.9 Å². The molecule has 0 aliphatic heterocycles. The summed E-state index contributed by atoms with van der Waals surface area (Å²) in [6.07, 6.45) is 0.563. The van der Waals surface area contributed by atoms with Crippen molar-refractivity contribution in [1.82, 2.24) is 5.32 Å². The molecule has 1 aliphatic carbocycles. The van der Waals surface area contributed by atoms with Crippen LogP contribution in [0.1, 0.15) is 53.6 Å². The number of carboxylic acid groups (broad SMARTS) is 1. The second-order valence-corrected chi connectivity index (χ2v) is 8.59. The predicted octanol–water partition coefficient (Wildman–Crippen LogP) is 5.42. The Balaban J connectivity index is 1.38. The number of ether oxygens (including phenoxy) is 1.